The van der Waals surface area contributed by atoms with Crippen LogP contribution in [0.5, 0.6) is 0 Å². The number of hydrogen-bond acceptors (Lipinski definition) is 16. The van der Waals surface area contributed by atoms with Crippen LogP contribution in [0.1, 0.15) is 79.1 Å². The van der Waals surface area contributed by atoms with E-state index in [4.69, 9.17) is 18.9 Å². The fourth-order valence-corrected chi connectivity index (χ4v) is 6.56. The van der Waals surface area contributed by atoms with Gasteiger partial charge in [0.1, 0.15) is 0 Å². The van der Waals surface area contributed by atoms with E-state index in [1.54, 1.807) is 13.8 Å². The molecule has 2 fully saturated rings. The molecule has 0 N–H and O–H groups in total. The van der Waals surface area contributed by atoms with Gasteiger partial charge in [0.2, 0.25) is 0 Å². The molecule has 0 unspecified atom stereocenters. The molecule has 0 aliphatic heterocycles. The van der Waals surface area contributed by atoms with E-state index >= 15 is 0 Å². The third-order valence-corrected chi connectivity index (χ3v) is 12.0. The molecular formula is C56H68F16O16. The Bertz CT molecular complexity index is 2330. The quantitative estimate of drug-likeness (QED) is 0.0283. The molecule has 500 valence electrons. The Hall–Kier alpha value is -7.44. The van der Waals surface area contributed by atoms with Crippen LogP contribution in [0.3, 0.4) is 0 Å². The molecule has 2 saturated carbocycles. The van der Waals surface area contributed by atoms with Gasteiger partial charge in [-0.3, -0.25) is 0 Å². The average molecular weight is 1300 g/mol. The molecule has 0 radical (unpaired) electrons. The van der Waals surface area contributed by atoms with Crippen molar-refractivity contribution in [3.8, 4) is 0 Å². The van der Waals surface area contributed by atoms with Crippen LogP contribution in [0.15, 0.2) is 99.2 Å². The van der Waals surface area contributed by atoms with Crippen molar-refractivity contribution in [3.63, 3.8) is 0 Å². The molecular weight excluding hydrogens is 1230 g/mol. The second-order valence-electron chi connectivity index (χ2n) is 19.7. The lowest BCUT2D eigenvalue weighted by Crippen LogP contribution is -2.64. The monoisotopic (exact) mass is 1300 g/mol. The standard InChI is InChI=1S/C16H24O4.C14H14F8O4.C14H20O4.C12H10F8O4/c1-11(2)15(17)19-9-13-5-7-14(8-6-13)10-20-16(18)12(3)4;1-7(2)9(23)25-5-11(15,16)13(19,20)14(21,22)12(17,18)6-26-10(24)8(3)4;1-3-13(15)17-9-11-5-7-12(8-6-11)10-18-14(16)4-2;1-3-7(21)23-5-9(13,14)11(17,18)12(19,20)10(15,16)6-24-8(22)4-2/h13-14H,1,3,5-10H2,2,4H3;1,3,5-6H2,2,4H3;3-4,11-12H,1-2,5-10H2;3-4H,1-2,5-6H2. The van der Waals surface area contributed by atoms with E-state index in [-0.39, 0.29) is 36.0 Å². The summed E-state index contributed by atoms with van der Waals surface area (Å²) in [6, 6.07) is 0. The first-order valence-corrected chi connectivity index (χ1v) is 25.6. The van der Waals surface area contributed by atoms with Gasteiger partial charge in [0.15, 0.2) is 26.4 Å². The van der Waals surface area contributed by atoms with Crippen LogP contribution in [0.2, 0.25) is 0 Å². The Kier molecular flexibility index (Phi) is 33.9. The van der Waals surface area contributed by atoms with E-state index in [1.165, 1.54) is 12.2 Å². The summed E-state index contributed by atoms with van der Waals surface area (Å²) in [5.41, 5.74) is -0.170. The van der Waals surface area contributed by atoms with E-state index in [0.29, 0.717) is 61.2 Å². The van der Waals surface area contributed by atoms with Crippen molar-refractivity contribution >= 4 is 47.8 Å². The zero-order valence-electron chi connectivity index (χ0n) is 48.2. The van der Waals surface area contributed by atoms with Crippen LogP contribution < -0.4 is 0 Å². The first kappa shape index (κ1) is 82.6. The predicted octanol–water partition coefficient (Wildman–Crippen LogP) is 12.0. The van der Waals surface area contributed by atoms with Gasteiger partial charge in [0, 0.05) is 46.6 Å². The van der Waals surface area contributed by atoms with Crippen molar-refractivity contribution in [2.75, 3.05) is 52.9 Å². The number of carbonyl (C=O) groups excluding carboxylic acids is 8. The molecule has 88 heavy (non-hydrogen) atoms. The summed E-state index contributed by atoms with van der Waals surface area (Å²) in [7, 11) is 0. The van der Waals surface area contributed by atoms with E-state index in [2.05, 4.69) is 71.6 Å². The highest BCUT2D eigenvalue weighted by atomic mass is 19.4. The number of esters is 8. The summed E-state index contributed by atoms with van der Waals surface area (Å²) < 4.78 is 248. The van der Waals surface area contributed by atoms with Gasteiger partial charge >= 0.3 is 95.1 Å². The average Bonchev–Trinajstić information content (AvgIpc) is 0.802. The van der Waals surface area contributed by atoms with Crippen molar-refractivity contribution in [1.29, 1.82) is 0 Å². The highest BCUT2D eigenvalue weighted by Gasteiger charge is 2.82. The summed E-state index contributed by atoms with van der Waals surface area (Å²) in [5, 5.41) is 0. The molecule has 2 aliphatic rings. The zero-order valence-corrected chi connectivity index (χ0v) is 48.2. The third kappa shape index (κ3) is 26.1. The Morgan fingerprint density at radius 2 is 0.466 bits per heavy atom. The molecule has 32 heteroatoms. The summed E-state index contributed by atoms with van der Waals surface area (Å²) >= 11 is 0. The maximum absolute atomic E-state index is 13.5. The van der Waals surface area contributed by atoms with Crippen LogP contribution in [-0.2, 0) is 76.3 Å². The van der Waals surface area contributed by atoms with Crippen LogP contribution in [0.4, 0.5) is 70.2 Å². The largest absolute Gasteiger partial charge is 0.462 e. The minimum absolute atomic E-state index is 0.260. The molecule has 0 atom stereocenters. The fraction of sp³-hybridized carbons (Fsp3) is 0.571. The van der Waals surface area contributed by atoms with Gasteiger partial charge in [0.05, 0.1) is 26.4 Å². The lowest BCUT2D eigenvalue weighted by atomic mass is 9.83. The molecule has 2 aliphatic carbocycles. The number of ether oxygens (including phenoxy) is 8. The van der Waals surface area contributed by atoms with Crippen LogP contribution in [0.25, 0.3) is 0 Å². The van der Waals surface area contributed by atoms with Crippen molar-refractivity contribution in [2.45, 2.75) is 126 Å². The molecule has 0 amide bonds. The minimum atomic E-state index is -6.66. The molecule has 0 aromatic heterocycles. The Morgan fingerprint density at radius 3 is 0.648 bits per heavy atom. The Balaban J connectivity index is 0. The number of carbonyl (C=O) groups is 8. The smallest absolute Gasteiger partial charge is 0.381 e. The number of hydrogen-bond donors (Lipinski definition) is 0. The lowest BCUT2D eigenvalue weighted by molar-refractivity contribution is -0.374. The fourth-order valence-electron chi connectivity index (χ4n) is 6.56. The number of halogens is 16. The Labute approximate surface area is 495 Å². The van der Waals surface area contributed by atoms with Gasteiger partial charge in [-0.05, 0) is 103 Å². The maximum atomic E-state index is 13.5. The molecule has 2 rings (SSSR count). The van der Waals surface area contributed by atoms with Gasteiger partial charge < -0.3 is 37.9 Å². The Morgan fingerprint density at radius 1 is 0.307 bits per heavy atom. The van der Waals surface area contributed by atoms with Gasteiger partial charge in [-0.25, -0.2) is 38.4 Å². The van der Waals surface area contributed by atoms with E-state index in [1.807, 2.05) is 0 Å². The summed E-state index contributed by atoms with van der Waals surface area (Å²) in [6.07, 6.45) is 10.9. The third-order valence-electron chi connectivity index (χ3n) is 12.0. The zero-order chi connectivity index (χ0) is 69.0. The second-order valence-corrected chi connectivity index (χ2v) is 19.7. The topological polar surface area (TPSA) is 210 Å². The first-order valence-electron chi connectivity index (χ1n) is 25.6. The molecule has 0 spiro atoms. The van der Waals surface area contributed by atoms with Crippen LogP contribution >= 0.6 is 0 Å². The molecule has 0 bridgehead atoms. The highest BCUT2D eigenvalue weighted by Crippen LogP contribution is 2.54. The predicted molar refractivity (Wildman–Crippen MR) is 278 cm³/mol. The van der Waals surface area contributed by atoms with Crippen molar-refractivity contribution in [3.05, 3.63) is 99.2 Å². The summed E-state index contributed by atoms with van der Waals surface area (Å²) in [5.74, 6) is -56.4. The van der Waals surface area contributed by atoms with Crippen molar-refractivity contribution < 1.29 is 146 Å². The first-order chi connectivity index (χ1) is 40.1. The molecule has 0 aromatic rings. The summed E-state index contributed by atoms with van der Waals surface area (Å²) in [6.45, 7) is 21.7. The maximum Gasteiger partial charge on any atom is 0.381 e. The van der Waals surface area contributed by atoms with Gasteiger partial charge in [-0.1, -0.05) is 52.6 Å². The second kappa shape index (κ2) is 36.1. The van der Waals surface area contributed by atoms with E-state index in [9.17, 15) is 109 Å². The van der Waals surface area contributed by atoms with E-state index < -0.39 is 109 Å². The lowest BCUT2D eigenvalue weighted by Gasteiger charge is -2.36. The number of alkyl halides is 16. The van der Waals surface area contributed by atoms with E-state index in [0.717, 1.165) is 65.2 Å². The number of rotatable bonds is 30. The normalized spacial score (nSPS) is 17.1. The van der Waals surface area contributed by atoms with Gasteiger partial charge in [-0.2, -0.15) is 70.2 Å². The van der Waals surface area contributed by atoms with Crippen molar-refractivity contribution in [1.82, 2.24) is 0 Å². The summed E-state index contributed by atoms with van der Waals surface area (Å²) in [4.78, 5) is 87.3. The molecule has 0 saturated heterocycles. The van der Waals surface area contributed by atoms with Gasteiger partial charge in [0.25, 0.3) is 0 Å². The van der Waals surface area contributed by atoms with Gasteiger partial charge in [-0.15, -0.1) is 0 Å². The SMILES string of the molecule is C=C(C)C(=O)OCC(F)(F)C(F)(F)C(F)(F)C(F)(F)COC(=O)C(=C)C.C=C(C)C(=O)OCC1CCC(COC(=O)C(=C)C)CC1.C=CC(=O)OCC(F)(F)C(F)(F)C(F)(F)C(F)(F)COC(=O)C=C.C=CC(=O)OCC1CCC(COC(=O)C=C)CC1. The van der Waals surface area contributed by atoms with Crippen LogP contribution in [-0.4, -0.2) is 148 Å². The highest BCUT2D eigenvalue weighted by molar-refractivity contribution is 5.88. The molecule has 16 nitrogen and oxygen atoms in total. The molecule has 0 heterocycles. The van der Waals surface area contributed by atoms with Crippen molar-refractivity contribution in [2.24, 2.45) is 23.7 Å². The van der Waals surface area contributed by atoms with Crippen LogP contribution in [0, 0.1) is 23.7 Å². The molecule has 0 aromatic carbocycles. The minimum Gasteiger partial charge on any atom is -0.462 e.